The van der Waals surface area contributed by atoms with Gasteiger partial charge in [0.2, 0.25) is 5.91 Å². The molecule has 29 heavy (non-hydrogen) atoms. The Labute approximate surface area is 171 Å². The average molecular weight is 389 g/mol. The van der Waals surface area contributed by atoms with Crippen LogP contribution in [0.1, 0.15) is 38.3 Å². The Balaban J connectivity index is 1.78. The number of hydrogen-bond acceptors (Lipinski definition) is 3. The van der Waals surface area contributed by atoms with Gasteiger partial charge in [0.25, 0.3) is 5.91 Å². The zero-order valence-electron chi connectivity index (χ0n) is 17.9. The van der Waals surface area contributed by atoms with Crippen molar-refractivity contribution in [2.75, 3.05) is 18.9 Å². The molecule has 1 aromatic heterocycles. The van der Waals surface area contributed by atoms with E-state index < -0.39 is 0 Å². The lowest BCUT2D eigenvalue weighted by atomic mass is 10.1. The van der Waals surface area contributed by atoms with Crippen LogP contribution in [0.25, 0.3) is 10.9 Å². The average Bonchev–Trinajstić information content (AvgIpc) is 2.63. The van der Waals surface area contributed by atoms with Crippen molar-refractivity contribution in [3.8, 4) is 0 Å². The van der Waals surface area contributed by atoms with E-state index in [9.17, 15) is 9.59 Å². The smallest absolute Gasteiger partial charge is 0.255 e. The molecule has 2 amide bonds. The molecule has 3 aromatic rings. The quantitative estimate of drug-likeness (QED) is 0.715. The number of fused-ring (bicyclic) bond motifs is 1. The van der Waals surface area contributed by atoms with Crippen LogP contribution in [0.3, 0.4) is 0 Å². The maximum atomic E-state index is 13.0. The number of aromatic nitrogens is 1. The number of rotatable bonds is 4. The van der Waals surface area contributed by atoms with Gasteiger partial charge >= 0.3 is 0 Å². The van der Waals surface area contributed by atoms with E-state index in [2.05, 4.69) is 10.3 Å². The molecule has 1 heterocycles. The van der Waals surface area contributed by atoms with Gasteiger partial charge in [-0.15, -0.1) is 0 Å². The van der Waals surface area contributed by atoms with Gasteiger partial charge in [-0.05, 0) is 63.9 Å². The molecule has 0 spiro atoms. The number of likely N-dealkylation sites (N-methyl/N-ethyl adjacent to an activating group) is 1. The third kappa shape index (κ3) is 4.45. The fourth-order valence-corrected chi connectivity index (χ4v) is 3.66. The van der Waals surface area contributed by atoms with E-state index in [0.717, 1.165) is 38.8 Å². The fraction of sp³-hybridized carbons (Fsp3) is 0.292. The SMILES string of the molecule is Cc1cc(C)c(NC(=O)CN(C)C(=O)c2cc3cc(C)ccc3nc2C)c(C)c1. The Morgan fingerprint density at radius 1 is 0.931 bits per heavy atom. The molecule has 1 N–H and O–H groups in total. The summed E-state index contributed by atoms with van der Waals surface area (Å²) in [6, 6.07) is 11.9. The van der Waals surface area contributed by atoms with Gasteiger partial charge in [0.1, 0.15) is 0 Å². The van der Waals surface area contributed by atoms with Crippen molar-refractivity contribution in [1.29, 1.82) is 0 Å². The maximum absolute atomic E-state index is 13.0. The van der Waals surface area contributed by atoms with E-state index in [1.807, 2.05) is 71.0 Å². The summed E-state index contributed by atoms with van der Waals surface area (Å²) >= 11 is 0. The van der Waals surface area contributed by atoms with E-state index in [-0.39, 0.29) is 18.4 Å². The molecule has 3 rings (SSSR count). The molecule has 0 saturated heterocycles. The van der Waals surface area contributed by atoms with Gasteiger partial charge < -0.3 is 10.2 Å². The number of benzene rings is 2. The molecule has 0 radical (unpaired) electrons. The van der Waals surface area contributed by atoms with Crippen LogP contribution in [0, 0.1) is 34.6 Å². The molecule has 0 bridgehead atoms. The Morgan fingerprint density at radius 3 is 2.24 bits per heavy atom. The molecule has 0 unspecified atom stereocenters. The number of hydrogen-bond donors (Lipinski definition) is 1. The van der Waals surface area contributed by atoms with E-state index in [1.165, 1.54) is 4.90 Å². The summed E-state index contributed by atoms with van der Waals surface area (Å²) in [6.07, 6.45) is 0. The minimum absolute atomic E-state index is 0.0309. The van der Waals surface area contributed by atoms with Crippen LogP contribution in [-0.2, 0) is 4.79 Å². The first-order valence-electron chi connectivity index (χ1n) is 9.67. The summed E-state index contributed by atoms with van der Waals surface area (Å²) in [5.74, 6) is -0.441. The third-order valence-electron chi connectivity index (χ3n) is 5.06. The van der Waals surface area contributed by atoms with Gasteiger partial charge in [-0.25, -0.2) is 0 Å². The second-order valence-electron chi connectivity index (χ2n) is 7.80. The van der Waals surface area contributed by atoms with Crippen molar-refractivity contribution in [3.05, 3.63) is 69.9 Å². The van der Waals surface area contributed by atoms with Gasteiger partial charge in [-0.1, -0.05) is 29.3 Å². The molecule has 0 atom stereocenters. The Morgan fingerprint density at radius 2 is 1.59 bits per heavy atom. The van der Waals surface area contributed by atoms with Crippen LogP contribution in [0.15, 0.2) is 36.4 Å². The molecule has 5 heteroatoms. The van der Waals surface area contributed by atoms with Crippen molar-refractivity contribution in [2.45, 2.75) is 34.6 Å². The van der Waals surface area contributed by atoms with E-state index in [0.29, 0.717) is 11.3 Å². The Bertz CT molecular complexity index is 1100. The van der Waals surface area contributed by atoms with E-state index in [1.54, 1.807) is 7.05 Å². The van der Waals surface area contributed by atoms with E-state index >= 15 is 0 Å². The van der Waals surface area contributed by atoms with Crippen molar-refractivity contribution in [1.82, 2.24) is 9.88 Å². The standard InChI is InChI=1S/C24H27N3O2/c1-14-7-8-21-19(11-14)12-20(18(5)25-21)24(29)27(6)13-22(28)26-23-16(3)9-15(2)10-17(23)4/h7-12H,13H2,1-6H3,(H,26,28). The Kier molecular flexibility index (Phi) is 5.69. The highest BCUT2D eigenvalue weighted by Gasteiger charge is 2.19. The largest absolute Gasteiger partial charge is 0.332 e. The zero-order chi connectivity index (χ0) is 21.3. The summed E-state index contributed by atoms with van der Waals surface area (Å²) in [5.41, 5.74) is 7.11. The lowest BCUT2D eigenvalue weighted by Gasteiger charge is -2.19. The highest BCUT2D eigenvalue weighted by Crippen LogP contribution is 2.22. The zero-order valence-corrected chi connectivity index (χ0v) is 17.9. The van der Waals surface area contributed by atoms with Crippen LogP contribution in [0.4, 0.5) is 5.69 Å². The Hall–Kier alpha value is -3.21. The summed E-state index contributed by atoms with van der Waals surface area (Å²) < 4.78 is 0. The van der Waals surface area contributed by atoms with Crippen LogP contribution >= 0.6 is 0 Å². The van der Waals surface area contributed by atoms with E-state index in [4.69, 9.17) is 0 Å². The second-order valence-corrected chi connectivity index (χ2v) is 7.80. The number of carbonyl (C=O) groups excluding carboxylic acids is 2. The van der Waals surface area contributed by atoms with Gasteiger partial charge in [0.15, 0.2) is 0 Å². The summed E-state index contributed by atoms with van der Waals surface area (Å²) in [4.78, 5) is 31.5. The number of amides is 2. The monoisotopic (exact) mass is 389 g/mol. The van der Waals surface area contributed by atoms with Gasteiger partial charge in [0.05, 0.1) is 23.3 Å². The molecule has 0 fully saturated rings. The molecule has 0 saturated carbocycles. The molecule has 5 nitrogen and oxygen atoms in total. The number of pyridine rings is 1. The predicted molar refractivity (Wildman–Crippen MR) is 117 cm³/mol. The molecular weight excluding hydrogens is 362 g/mol. The van der Waals surface area contributed by atoms with Crippen LogP contribution in [0.5, 0.6) is 0 Å². The highest BCUT2D eigenvalue weighted by molar-refractivity contribution is 6.02. The number of carbonyl (C=O) groups is 2. The fourth-order valence-electron chi connectivity index (χ4n) is 3.66. The van der Waals surface area contributed by atoms with Crippen molar-refractivity contribution >= 4 is 28.4 Å². The highest BCUT2D eigenvalue weighted by atomic mass is 16.2. The van der Waals surface area contributed by atoms with Crippen LogP contribution in [-0.4, -0.2) is 35.3 Å². The normalized spacial score (nSPS) is 10.8. The van der Waals surface area contributed by atoms with Gasteiger partial charge in [-0.2, -0.15) is 0 Å². The maximum Gasteiger partial charge on any atom is 0.255 e. The minimum atomic E-state index is -0.224. The summed E-state index contributed by atoms with van der Waals surface area (Å²) in [5, 5.41) is 3.87. The lowest BCUT2D eigenvalue weighted by molar-refractivity contribution is -0.116. The number of anilines is 1. The van der Waals surface area contributed by atoms with Gasteiger partial charge in [0, 0.05) is 18.1 Å². The predicted octanol–water partition coefficient (Wildman–Crippen LogP) is 4.49. The minimum Gasteiger partial charge on any atom is -0.332 e. The van der Waals surface area contributed by atoms with Crippen molar-refractivity contribution in [3.63, 3.8) is 0 Å². The summed E-state index contributed by atoms with van der Waals surface area (Å²) in [7, 11) is 1.64. The van der Waals surface area contributed by atoms with Crippen LogP contribution < -0.4 is 5.32 Å². The molecular formula is C24H27N3O2. The number of nitrogens with zero attached hydrogens (tertiary/aromatic N) is 2. The molecule has 150 valence electrons. The topological polar surface area (TPSA) is 62.3 Å². The van der Waals surface area contributed by atoms with Crippen molar-refractivity contribution < 1.29 is 9.59 Å². The first kappa shape index (κ1) is 20.5. The lowest BCUT2D eigenvalue weighted by Crippen LogP contribution is -2.35. The summed E-state index contributed by atoms with van der Waals surface area (Å²) in [6.45, 7) is 9.76. The van der Waals surface area contributed by atoms with Gasteiger partial charge in [-0.3, -0.25) is 14.6 Å². The molecule has 2 aromatic carbocycles. The second kappa shape index (κ2) is 8.03. The van der Waals surface area contributed by atoms with Crippen LogP contribution in [0.2, 0.25) is 0 Å². The molecule has 0 aliphatic heterocycles. The molecule has 0 aliphatic carbocycles. The van der Waals surface area contributed by atoms with Crippen molar-refractivity contribution in [2.24, 2.45) is 0 Å². The molecule has 0 aliphatic rings. The number of aryl methyl sites for hydroxylation is 5. The third-order valence-corrected chi connectivity index (χ3v) is 5.06. The number of nitrogens with one attached hydrogen (secondary N) is 1. The first-order valence-corrected chi connectivity index (χ1v) is 9.67. The first-order chi connectivity index (χ1) is 13.7.